The first-order chi connectivity index (χ1) is 9.10. The molecular formula is C15H16FNO2. The molecule has 1 aromatic rings. The Bertz CT molecular complexity index is 515. The molecular weight excluding hydrogens is 245 g/mol. The van der Waals surface area contributed by atoms with Gasteiger partial charge in [0.1, 0.15) is 5.83 Å². The fraction of sp³-hybridized carbons (Fsp3) is 0.200. The molecule has 0 aliphatic heterocycles. The predicted molar refractivity (Wildman–Crippen MR) is 72.4 cm³/mol. The number of carbonyl (C=O) groups is 1. The number of allylic oxidation sites excluding steroid dienone is 5. The highest BCUT2D eigenvalue weighted by Gasteiger charge is 2.06. The zero-order valence-corrected chi connectivity index (χ0v) is 11.0. The number of ether oxygens (including phenoxy) is 1. The Balaban J connectivity index is 2.82. The molecule has 0 amide bonds. The first-order valence-electron chi connectivity index (χ1n) is 5.78. The van der Waals surface area contributed by atoms with Gasteiger partial charge in [0, 0.05) is 18.3 Å². The van der Waals surface area contributed by atoms with Crippen molar-refractivity contribution in [2.24, 2.45) is 0 Å². The maximum absolute atomic E-state index is 13.1. The van der Waals surface area contributed by atoms with E-state index in [1.165, 1.54) is 19.4 Å². The van der Waals surface area contributed by atoms with Gasteiger partial charge in [0.15, 0.2) is 0 Å². The molecule has 1 rings (SSSR count). The van der Waals surface area contributed by atoms with Crippen molar-refractivity contribution in [3.8, 4) is 0 Å². The van der Waals surface area contributed by atoms with Crippen molar-refractivity contribution < 1.29 is 13.9 Å². The lowest BCUT2D eigenvalue weighted by molar-refractivity contribution is 0.0600. The van der Waals surface area contributed by atoms with Crippen molar-refractivity contribution in [1.29, 1.82) is 0 Å². The van der Waals surface area contributed by atoms with Crippen molar-refractivity contribution in [2.45, 2.75) is 13.3 Å². The Morgan fingerprint density at radius 2 is 2.26 bits per heavy atom. The second-order valence-corrected chi connectivity index (χ2v) is 3.80. The number of rotatable bonds is 5. The zero-order valence-electron chi connectivity index (χ0n) is 11.0. The minimum atomic E-state index is -0.428. The van der Waals surface area contributed by atoms with Crippen molar-refractivity contribution in [1.82, 2.24) is 4.98 Å². The van der Waals surface area contributed by atoms with Crippen LogP contribution in [0.5, 0.6) is 0 Å². The third-order valence-electron chi connectivity index (χ3n) is 2.52. The highest BCUT2D eigenvalue weighted by Crippen LogP contribution is 2.12. The Kier molecular flexibility index (Phi) is 5.67. The van der Waals surface area contributed by atoms with Crippen molar-refractivity contribution in [2.75, 3.05) is 7.11 Å². The van der Waals surface area contributed by atoms with Gasteiger partial charge < -0.3 is 4.74 Å². The Morgan fingerprint density at radius 1 is 1.53 bits per heavy atom. The molecule has 0 unspecified atom stereocenters. The van der Waals surface area contributed by atoms with Crippen LogP contribution in [-0.4, -0.2) is 18.1 Å². The first-order valence-corrected chi connectivity index (χ1v) is 5.78. The number of halogens is 1. The molecule has 3 nitrogen and oxygen atoms in total. The minimum Gasteiger partial charge on any atom is -0.465 e. The van der Waals surface area contributed by atoms with Gasteiger partial charge in [-0.15, -0.1) is 0 Å². The van der Waals surface area contributed by atoms with Crippen molar-refractivity contribution >= 4 is 5.97 Å². The van der Waals surface area contributed by atoms with Gasteiger partial charge in [-0.3, -0.25) is 4.98 Å². The molecule has 4 heteroatoms. The Morgan fingerprint density at radius 3 is 2.74 bits per heavy atom. The summed E-state index contributed by atoms with van der Waals surface area (Å²) >= 11 is 0. The monoisotopic (exact) mass is 261 g/mol. The van der Waals surface area contributed by atoms with Crippen LogP contribution in [0.4, 0.5) is 4.39 Å². The second-order valence-electron chi connectivity index (χ2n) is 3.80. The summed E-state index contributed by atoms with van der Waals surface area (Å²) in [4.78, 5) is 15.4. The van der Waals surface area contributed by atoms with Crippen LogP contribution in [-0.2, 0) is 11.2 Å². The van der Waals surface area contributed by atoms with Crippen molar-refractivity contribution in [3.63, 3.8) is 0 Å². The van der Waals surface area contributed by atoms with E-state index < -0.39 is 5.97 Å². The van der Waals surface area contributed by atoms with Crippen LogP contribution in [0, 0.1) is 0 Å². The van der Waals surface area contributed by atoms with Crippen LogP contribution in [0.25, 0.3) is 0 Å². The van der Waals surface area contributed by atoms with Gasteiger partial charge in [0.05, 0.1) is 12.7 Å². The predicted octanol–water partition coefficient (Wildman–Crippen LogP) is 3.40. The molecule has 19 heavy (non-hydrogen) atoms. The first kappa shape index (κ1) is 14.8. The highest BCUT2D eigenvalue weighted by atomic mass is 19.1. The summed E-state index contributed by atoms with van der Waals surface area (Å²) in [5, 5.41) is 0. The van der Waals surface area contributed by atoms with Gasteiger partial charge in [-0.2, -0.15) is 0 Å². The van der Waals surface area contributed by atoms with E-state index in [1.807, 2.05) is 6.92 Å². The molecule has 1 heterocycles. The van der Waals surface area contributed by atoms with Crippen LogP contribution in [0.3, 0.4) is 0 Å². The van der Waals surface area contributed by atoms with Gasteiger partial charge in [-0.25, -0.2) is 9.18 Å². The maximum atomic E-state index is 13.1. The van der Waals surface area contributed by atoms with Crippen molar-refractivity contribution in [3.05, 3.63) is 65.8 Å². The van der Waals surface area contributed by atoms with Gasteiger partial charge in [0.25, 0.3) is 0 Å². The smallest absolute Gasteiger partial charge is 0.339 e. The maximum Gasteiger partial charge on any atom is 0.339 e. The molecule has 0 N–H and O–H groups in total. The largest absolute Gasteiger partial charge is 0.465 e. The Labute approximate surface area is 112 Å². The van der Waals surface area contributed by atoms with Crippen LogP contribution in [0.1, 0.15) is 23.0 Å². The summed E-state index contributed by atoms with van der Waals surface area (Å²) in [5.74, 6) is -0.817. The lowest BCUT2D eigenvalue weighted by Gasteiger charge is -2.03. The third-order valence-corrected chi connectivity index (χ3v) is 2.52. The normalized spacial score (nSPS) is 12.2. The third kappa shape index (κ3) is 4.50. The summed E-state index contributed by atoms with van der Waals surface area (Å²) < 4.78 is 17.7. The molecule has 0 saturated carbocycles. The van der Waals surface area contributed by atoms with E-state index in [2.05, 4.69) is 16.3 Å². The number of carbonyl (C=O) groups excluding carboxylic acids is 1. The average Bonchev–Trinajstić information content (AvgIpc) is 2.46. The lowest BCUT2D eigenvalue weighted by atomic mass is 10.1. The summed E-state index contributed by atoms with van der Waals surface area (Å²) in [7, 11) is 1.32. The number of methoxy groups -OCH3 is 1. The van der Waals surface area contributed by atoms with Crippen LogP contribution in [0.15, 0.2) is 54.5 Å². The molecule has 0 bridgehead atoms. The minimum absolute atomic E-state index is 0.390. The highest BCUT2D eigenvalue weighted by molar-refractivity contribution is 5.88. The molecule has 0 aliphatic carbocycles. The van der Waals surface area contributed by atoms with Gasteiger partial charge in [-0.05, 0) is 36.8 Å². The molecule has 0 aromatic carbocycles. The molecule has 100 valence electrons. The average molecular weight is 261 g/mol. The summed E-state index contributed by atoms with van der Waals surface area (Å²) in [6.07, 6.45) is 6.29. The fourth-order valence-electron chi connectivity index (χ4n) is 1.45. The molecule has 0 saturated heterocycles. The number of nitrogens with zero attached hydrogens (tertiary/aromatic N) is 1. The van der Waals surface area contributed by atoms with Crippen LogP contribution >= 0.6 is 0 Å². The molecule has 0 spiro atoms. The second kappa shape index (κ2) is 7.26. The molecule has 0 atom stereocenters. The van der Waals surface area contributed by atoms with E-state index >= 15 is 0 Å². The van der Waals surface area contributed by atoms with Gasteiger partial charge >= 0.3 is 5.97 Å². The molecule has 1 aromatic heterocycles. The zero-order chi connectivity index (χ0) is 14.3. The van der Waals surface area contributed by atoms with E-state index in [-0.39, 0.29) is 5.83 Å². The Hall–Kier alpha value is -2.23. The van der Waals surface area contributed by atoms with E-state index in [9.17, 15) is 9.18 Å². The van der Waals surface area contributed by atoms with E-state index in [0.29, 0.717) is 12.0 Å². The summed E-state index contributed by atoms with van der Waals surface area (Å²) in [5.41, 5.74) is 1.92. The molecule has 0 radical (unpaired) electrons. The molecule has 0 fully saturated rings. The molecule has 0 aliphatic rings. The number of pyridine rings is 1. The lowest BCUT2D eigenvalue weighted by Crippen LogP contribution is -2.02. The van der Waals surface area contributed by atoms with Crippen LogP contribution in [0.2, 0.25) is 0 Å². The van der Waals surface area contributed by atoms with Gasteiger partial charge in [0.2, 0.25) is 0 Å². The summed E-state index contributed by atoms with van der Waals surface area (Å²) in [6.45, 7) is 5.18. The quantitative estimate of drug-likeness (QED) is 0.602. The van der Waals surface area contributed by atoms with Crippen LogP contribution < -0.4 is 0 Å². The number of esters is 1. The topological polar surface area (TPSA) is 39.2 Å². The standard InChI is InChI=1S/C15H16FNO2/c1-4-11(8-13(16)5-2)9-14-7-6-12(10-17-14)15(18)19-3/h4-8,10H,2,9H2,1,3H3/b11-4+,13-8+. The number of aromatic nitrogens is 1. The van der Waals surface area contributed by atoms with E-state index in [4.69, 9.17) is 0 Å². The summed E-state index contributed by atoms with van der Waals surface area (Å²) in [6, 6.07) is 3.35. The van der Waals surface area contributed by atoms with E-state index in [0.717, 1.165) is 17.3 Å². The SMILES string of the molecule is C=C/C(F)=C\C(=C/C)Cc1ccc(C(=O)OC)cn1. The van der Waals surface area contributed by atoms with Gasteiger partial charge in [-0.1, -0.05) is 12.7 Å². The number of hydrogen-bond acceptors (Lipinski definition) is 3. The number of hydrogen-bond donors (Lipinski definition) is 0. The van der Waals surface area contributed by atoms with E-state index in [1.54, 1.807) is 18.2 Å². The fourth-order valence-corrected chi connectivity index (χ4v) is 1.45.